The van der Waals surface area contributed by atoms with E-state index in [1.807, 2.05) is 18.2 Å². The van der Waals surface area contributed by atoms with E-state index in [0.717, 1.165) is 5.39 Å². The SMILES string of the molecule is COC(=O)Oc1cccc2c([S+]3CCCC3)cccc12. The smallest absolute Gasteiger partial charge is 0.437 e. The summed E-state index contributed by atoms with van der Waals surface area (Å²) in [6.45, 7) is 0. The van der Waals surface area contributed by atoms with Crippen molar-refractivity contribution in [3.63, 3.8) is 0 Å². The highest BCUT2D eigenvalue weighted by atomic mass is 32.2. The summed E-state index contributed by atoms with van der Waals surface area (Å²) in [6.07, 6.45) is 1.96. The van der Waals surface area contributed by atoms with Gasteiger partial charge in [-0.3, -0.25) is 0 Å². The Bertz CT molecular complexity index is 633. The largest absolute Gasteiger partial charge is 0.513 e. The lowest BCUT2D eigenvalue weighted by atomic mass is 10.1. The predicted molar refractivity (Wildman–Crippen MR) is 81.6 cm³/mol. The highest BCUT2D eigenvalue weighted by molar-refractivity contribution is 7.97. The van der Waals surface area contributed by atoms with Crippen LogP contribution in [0.5, 0.6) is 5.75 Å². The lowest BCUT2D eigenvalue weighted by Crippen LogP contribution is -2.08. The van der Waals surface area contributed by atoms with Crippen molar-refractivity contribution in [3.8, 4) is 5.75 Å². The van der Waals surface area contributed by atoms with Gasteiger partial charge in [0.1, 0.15) is 17.3 Å². The number of ether oxygens (including phenoxy) is 2. The Morgan fingerprint density at radius 1 is 1.05 bits per heavy atom. The van der Waals surface area contributed by atoms with Crippen LogP contribution >= 0.6 is 0 Å². The lowest BCUT2D eigenvalue weighted by Gasteiger charge is -2.09. The number of fused-ring (bicyclic) bond motifs is 1. The van der Waals surface area contributed by atoms with E-state index in [0.29, 0.717) is 16.6 Å². The first kappa shape index (κ1) is 13.3. The fraction of sp³-hybridized carbons (Fsp3) is 0.312. The first-order chi connectivity index (χ1) is 9.79. The van der Waals surface area contributed by atoms with Crippen LogP contribution < -0.4 is 4.74 Å². The van der Waals surface area contributed by atoms with Crippen molar-refractivity contribution in [2.45, 2.75) is 17.7 Å². The zero-order chi connectivity index (χ0) is 13.9. The molecule has 1 heterocycles. The Balaban J connectivity index is 2.06. The van der Waals surface area contributed by atoms with Crippen molar-refractivity contribution in [1.29, 1.82) is 0 Å². The summed E-state index contributed by atoms with van der Waals surface area (Å²) in [6, 6.07) is 12.1. The number of hydrogen-bond acceptors (Lipinski definition) is 3. The second-order valence-corrected chi connectivity index (χ2v) is 7.01. The monoisotopic (exact) mass is 289 g/mol. The Hall–Kier alpha value is -1.68. The van der Waals surface area contributed by atoms with Crippen LogP contribution in [0.4, 0.5) is 4.79 Å². The second-order valence-electron chi connectivity index (χ2n) is 4.77. The lowest BCUT2D eigenvalue weighted by molar-refractivity contribution is 0.122. The molecule has 2 aromatic rings. The number of hydrogen-bond donors (Lipinski definition) is 0. The highest BCUT2D eigenvalue weighted by Crippen LogP contribution is 2.33. The highest BCUT2D eigenvalue weighted by Gasteiger charge is 2.28. The number of methoxy groups -OCH3 is 1. The molecule has 104 valence electrons. The van der Waals surface area contributed by atoms with Gasteiger partial charge < -0.3 is 9.47 Å². The maximum Gasteiger partial charge on any atom is 0.513 e. The van der Waals surface area contributed by atoms with Crippen LogP contribution in [0.1, 0.15) is 12.8 Å². The van der Waals surface area contributed by atoms with Crippen LogP contribution in [-0.2, 0) is 15.6 Å². The number of benzene rings is 2. The third-order valence-corrected chi connectivity index (χ3v) is 6.09. The average molecular weight is 289 g/mol. The molecule has 1 saturated heterocycles. The number of carbonyl (C=O) groups excluding carboxylic acids is 1. The van der Waals surface area contributed by atoms with E-state index in [9.17, 15) is 4.79 Å². The van der Waals surface area contributed by atoms with Gasteiger partial charge in [0.2, 0.25) is 0 Å². The molecule has 0 atom stereocenters. The summed E-state index contributed by atoms with van der Waals surface area (Å²) < 4.78 is 9.81. The molecule has 1 fully saturated rings. The molecule has 0 unspecified atom stereocenters. The molecule has 0 bridgehead atoms. The third kappa shape index (κ3) is 2.48. The van der Waals surface area contributed by atoms with Gasteiger partial charge in [-0.25, -0.2) is 4.79 Å². The fourth-order valence-electron chi connectivity index (χ4n) is 2.60. The Morgan fingerprint density at radius 2 is 1.75 bits per heavy atom. The molecule has 0 N–H and O–H groups in total. The number of carbonyl (C=O) groups is 1. The minimum Gasteiger partial charge on any atom is -0.437 e. The molecule has 0 radical (unpaired) electrons. The van der Waals surface area contributed by atoms with Gasteiger partial charge in [-0.2, -0.15) is 0 Å². The summed E-state index contributed by atoms with van der Waals surface area (Å²) in [5.41, 5.74) is 0. The Morgan fingerprint density at radius 3 is 2.50 bits per heavy atom. The molecule has 0 amide bonds. The molecule has 3 rings (SSSR count). The van der Waals surface area contributed by atoms with Gasteiger partial charge >= 0.3 is 6.16 Å². The molecule has 0 aliphatic carbocycles. The Kier molecular flexibility index (Phi) is 3.83. The fourth-order valence-corrected chi connectivity index (χ4v) is 5.11. The second kappa shape index (κ2) is 5.75. The van der Waals surface area contributed by atoms with Crippen LogP contribution in [0.25, 0.3) is 10.8 Å². The zero-order valence-corrected chi connectivity index (χ0v) is 12.2. The number of rotatable bonds is 2. The third-order valence-electron chi connectivity index (χ3n) is 3.54. The summed E-state index contributed by atoms with van der Waals surface area (Å²) in [4.78, 5) is 12.7. The quantitative estimate of drug-likeness (QED) is 0.480. The standard InChI is InChI=1S/C16H17O3S/c1-18-16(17)19-14-8-4-7-13-12(14)6-5-9-15(13)20-10-2-3-11-20/h4-9H,2-3,10-11H2,1H3/q+1. The molecule has 20 heavy (non-hydrogen) atoms. The van der Waals surface area contributed by atoms with Crippen LogP contribution in [0.15, 0.2) is 41.3 Å². The van der Waals surface area contributed by atoms with Gasteiger partial charge in [0.05, 0.1) is 7.11 Å². The van der Waals surface area contributed by atoms with E-state index < -0.39 is 6.16 Å². The van der Waals surface area contributed by atoms with Gasteiger partial charge in [0, 0.05) is 21.7 Å². The first-order valence-corrected chi connectivity index (χ1v) is 8.31. The van der Waals surface area contributed by atoms with E-state index in [1.54, 1.807) is 6.07 Å². The van der Waals surface area contributed by atoms with Crippen molar-refractivity contribution in [2.75, 3.05) is 18.6 Å². The summed E-state index contributed by atoms with van der Waals surface area (Å²) >= 11 is 0. The summed E-state index contributed by atoms with van der Waals surface area (Å²) in [5, 5.41) is 2.17. The topological polar surface area (TPSA) is 35.5 Å². The van der Waals surface area contributed by atoms with Crippen molar-refractivity contribution in [2.24, 2.45) is 0 Å². The van der Waals surface area contributed by atoms with E-state index in [4.69, 9.17) is 4.74 Å². The molecular weight excluding hydrogens is 272 g/mol. The molecular formula is C16H17O3S+. The molecule has 1 aliphatic heterocycles. The molecule has 0 saturated carbocycles. The molecule has 2 aromatic carbocycles. The average Bonchev–Trinajstić information content (AvgIpc) is 3.01. The van der Waals surface area contributed by atoms with Crippen LogP contribution in [0.2, 0.25) is 0 Å². The van der Waals surface area contributed by atoms with E-state index in [1.165, 1.54) is 41.7 Å². The molecule has 0 spiro atoms. The maximum atomic E-state index is 11.3. The van der Waals surface area contributed by atoms with Gasteiger partial charge in [-0.15, -0.1) is 0 Å². The van der Waals surface area contributed by atoms with Gasteiger partial charge in [0.15, 0.2) is 4.90 Å². The van der Waals surface area contributed by atoms with Crippen molar-refractivity contribution >= 4 is 27.8 Å². The predicted octanol–water partition coefficient (Wildman–Crippen LogP) is 3.76. The van der Waals surface area contributed by atoms with Crippen molar-refractivity contribution in [3.05, 3.63) is 36.4 Å². The zero-order valence-electron chi connectivity index (χ0n) is 11.4. The minimum absolute atomic E-state index is 0.340. The molecule has 3 nitrogen and oxygen atoms in total. The van der Waals surface area contributed by atoms with E-state index in [-0.39, 0.29) is 0 Å². The summed E-state index contributed by atoms with van der Waals surface area (Å²) in [5.74, 6) is 3.13. The molecule has 0 aromatic heterocycles. The molecule has 4 heteroatoms. The molecule has 1 aliphatic rings. The van der Waals surface area contributed by atoms with Gasteiger partial charge in [-0.1, -0.05) is 18.2 Å². The normalized spacial score (nSPS) is 15.4. The van der Waals surface area contributed by atoms with Gasteiger partial charge in [-0.05, 0) is 31.0 Å². The van der Waals surface area contributed by atoms with Gasteiger partial charge in [0.25, 0.3) is 0 Å². The minimum atomic E-state index is -0.675. The van der Waals surface area contributed by atoms with Crippen molar-refractivity contribution in [1.82, 2.24) is 0 Å². The van der Waals surface area contributed by atoms with Crippen molar-refractivity contribution < 1.29 is 14.3 Å². The van der Waals surface area contributed by atoms with Crippen LogP contribution in [0, 0.1) is 0 Å². The van der Waals surface area contributed by atoms with Crippen LogP contribution in [-0.4, -0.2) is 24.8 Å². The summed E-state index contributed by atoms with van der Waals surface area (Å²) in [7, 11) is 1.66. The van der Waals surface area contributed by atoms with E-state index in [2.05, 4.69) is 16.9 Å². The maximum absolute atomic E-state index is 11.3. The first-order valence-electron chi connectivity index (χ1n) is 6.74. The van der Waals surface area contributed by atoms with Crippen LogP contribution in [0.3, 0.4) is 0 Å². The van der Waals surface area contributed by atoms with E-state index >= 15 is 0 Å². The Labute approximate surface area is 121 Å².